The standard InChI is InChI=1S/C14H15BrF3NO4/c1-7-3-4-11(9(15)5-7)23-8(2)12(20)19-10(13(21)22)6-14(16,17)18/h3-5,8,10H,6H2,1-2H3,(H,19,20)(H,21,22). The van der Waals surface area contributed by atoms with Crippen LogP contribution in [0.4, 0.5) is 13.2 Å². The fourth-order valence-corrected chi connectivity index (χ4v) is 2.25. The van der Waals surface area contributed by atoms with Crippen molar-refractivity contribution in [2.75, 3.05) is 0 Å². The molecule has 1 aromatic rings. The van der Waals surface area contributed by atoms with E-state index in [0.29, 0.717) is 10.2 Å². The lowest BCUT2D eigenvalue weighted by atomic mass is 10.2. The number of aliphatic carboxylic acids is 1. The third kappa shape index (κ3) is 6.47. The van der Waals surface area contributed by atoms with Crippen molar-refractivity contribution in [2.24, 2.45) is 0 Å². The van der Waals surface area contributed by atoms with Crippen LogP contribution in [0.1, 0.15) is 18.9 Å². The number of amides is 1. The van der Waals surface area contributed by atoms with Gasteiger partial charge in [-0.25, -0.2) is 4.79 Å². The Balaban J connectivity index is 2.73. The van der Waals surface area contributed by atoms with Gasteiger partial charge in [-0.15, -0.1) is 0 Å². The number of rotatable bonds is 6. The van der Waals surface area contributed by atoms with Crippen molar-refractivity contribution in [1.29, 1.82) is 0 Å². The summed E-state index contributed by atoms with van der Waals surface area (Å²) in [7, 11) is 0. The van der Waals surface area contributed by atoms with Gasteiger partial charge in [0.1, 0.15) is 11.8 Å². The van der Waals surface area contributed by atoms with Crippen molar-refractivity contribution in [2.45, 2.75) is 38.6 Å². The zero-order valence-electron chi connectivity index (χ0n) is 12.3. The molecule has 5 nitrogen and oxygen atoms in total. The Labute approximate surface area is 138 Å². The lowest BCUT2D eigenvalue weighted by Crippen LogP contribution is -2.48. The summed E-state index contributed by atoms with van der Waals surface area (Å²) in [5.41, 5.74) is 0.942. The average molecular weight is 398 g/mol. The van der Waals surface area contributed by atoms with E-state index >= 15 is 0 Å². The van der Waals surface area contributed by atoms with Gasteiger partial charge in [0.25, 0.3) is 5.91 Å². The fourth-order valence-electron chi connectivity index (χ4n) is 1.67. The van der Waals surface area contributed by atoms with Crippen molar-refractivity contribution >= 4 is 27.8 Å². The van der Waals surface area contributed by atoms with Crippen LogP contribution < -0.4 is 10.1 Å². The number of carbonyl (C=O) groups is 2. The van der Waals surface area contributed by atoms with E-state index in [1.54, 1.807) is 18.2 Å². The molecule has 1 aromatic carbocycles. The Morgan fingerprint density at radius 3 is 2.48 bits per heavy atom. The summed E-state index contributed by atoms with van der Waals surface area (Å²) in [6.45, 7) is 3.16. The molecular formula is C14H15BrF3NO4. The molecule has 0 bridgehead atoms. The number of carboxylic acids is 1. The summed E-state index contributed by atoms with van der Waals surface area (Å²) in [5, 5.41) is 10.6. The molecule has 0 radical (unpaired) electrons. The SMILES string of the molecule is Cc1ccc(OC(C)C(=O)NC(CC(F)(F)F)C(=O)O)c(Br)c1. The van der Waals surface area contributed by atoms with Gasteiger partial charge in [-0.1, -0.05) is 6.07 Å². The van der Waals surface area contributed by atoms with Gasteiger partial charge >= 0.3 is 12.1 Å². The number of carboxylic acid groups (broad SMARTS) is 1. The van der Waals surface area contributed by atoms with Gasteiger partial charge in [-0.05, 0) is 47.5 Å². The summed E-state index contributed by atoms with van der Waals surface area (Å²) in [6.07, 6.45) is -7.53. The van der Waals surface area contributed by atoms with E-state index in [-0.39, 0.29) is 0 Å². The van der Waals surface area contributed by atoms with Crippen LogP contribution in [0.3, 0.4) is 0 Å². The van der Waals surface area contributed by atoms with E-state index in [9.17, 15) is 22.8 Å². The molecule has 128 valence electrons. The lowest BCUT2D eigenvalue weighted by molar-refractivity contribution is -0.160. The molecule has 0 aromatic heterocycles. The molecule has 2 unspecified atom stereocenters. The molecular weight excluding hydrogens is 383 g/mol. The predicted molar refractivity (Wildman–Crippen MR) is 79.2 cm³/mol. The number of halogens is 4. The number of hydrogen-bond acceptors (Lipinski definition) is 3. The molecule has 0 aliphatic carbocycles. The monoisotopic (exact) mass is 397 g/mol. The number of ether oxygens (including phenoxy) is 1. The third-order valence-electron chi connectivity index (χ3n) is 2.81. The highest BCUT2D eigenvalue weighted by molar-refractivity contribution is 9.10. The highest BCUT2D eigenvalue weighted by atomic mass is 79.9. The molecule has 1 amide bonds. The van der Waals surface area contributed by atoms with Gasteiger partial charge in [0.05, 0.1) is 10.9 Å². The number of alkyl halides is 3. The first-order valence-electron chi connectivity index (χ1n) is 6.52. The smallest absolute Gasteiger partial charge is 0.391 e. The minimum Gasteiger partial charge on any atom is -0.480 e. The van der Waals surface area contributed by atoms with Crippen LogP contribution >= 0.6 is 15.9 Å². The van der Waals surface area contributed by atoms with Gasteiger partial charge in [-0.3, -0.25) is 4.79 Å². The summed E-state index contributed by atoms with van der Waals surface area (Å²) < 4.78 is 42.8. The number of carbonyl (C=O) groups excluding carboxylic acids is 1. The van der Waals surface area contributed by atoms with Gasteiger partial charge in [0, 0.05) is 0 Å². The second-order valence-corrected chi connectivity index (χ2v) is 5.77. The molecule has 0 fully saturated rings. The summed E-state index contributed by atoms with van der Waals surface area (Å²) in [6, 6.07) is 3.00. The molecule has 1 rings (SSSR count). The fraction of sp³-hybridized carbons (Fsp3) is 0.429. The minimum absolute atomic E-state index is 0.320. The van der Waals surface area contributed by atoms with Crippen LogP contribution in [0.5, 0.6) is 5.75 Å². The van der Waals surface area contributed by atoms with Crippen molar-refractivity contribution < 1.29 is 32.6 Å². The summed E-state index contributed by atoms with van der Waals surface area (Å²) in [5.74, 6) is -2.39. The first kappa shape index (κ1) is 19.3. The van der Waals surface area contributed by atoms with Crippen LogP contribution in [0.15, 0.2) is 22.7 Å². The maximum atomic E-state index is 12.3. The molecule has 0 spiro atoms. The molecule has 9 heteroatoms. The zero-order chi connectivity index (χ0) is 17.8. The van der Waals surface area contributed by atoms with Gasteiger partial charge in [0.15, 0.2) is 6.10 Å². The predicted octanol–water partition coefficient (Wildman–Crippen LogP) is 3.05. The highest BCUT2D eigenvalue weighted by Gasteiger charge is 2.37. The van der Waals surface area contributed by atoms with E-state index in [0.717, 1.165) is 5.56 Å². The van der Waals surface area contributed by atoms with E-state index in [1.165, 1.54) is 6.92 Å². The van der Waals surface area contributed by atoms with E-state index in [1.807, 2.05) is 12.2 Å². The topological polar surface area (TPSA) is 75.6 Å². The highest BCUT2D eigenvalue weighted by Crippen LogP contribution is 2.27. The van der Waals surface area contributed by atoms with Crippen LogP contribution in [-0.2, 0) is 9.59 Å². The van der Waals surface area contributed by atoms with Gasteiger partial charge < -0.3 is 15.2 Å². The largest absolute Gasteiger partial charge is 0.480 e. The van der Waals surface area contributed by atoms with Crippen LogP contribution in [-0.4, -0.2) is 35.3 Å². The number of benzene rings is 1. The average Bonchev–Trinajstić information content (AvgIpc) is 2.39. The summed E-state index contributed by atoms with van der Waals surface area (Å²) in [4.78, 5) is 22.7. The first-order valence-corrected chi connectivity index (χ1v) is 7.31. The molecule has 2 N–H and O–H groups in total. The van der Waals surface area contributed by atoms with Crippen molar-refractivity contribution in [3.8, 4) is 5.75 Å². The van der Waals surface area contributed by atoms with E-state index in [2.05, 4.69) is 15.9 Å². The molecule has 23 heavy (non-hydrogen) atoms. The first-order chi connectivity index (χ1) is 10.5. The normalized spacial score (nSPS) is 14.0. The molecule has 0 saturated heterocycles. The van der Waals surface area contributed by atoms with Gasteiger partial charge in [0.2, 0.25) is 0 Å². The molecule has 0 aliphatic heterocycles. The number of nitrogens with one attached hydrogen (secondary N) is 1. The Morgan fingerprint density at radius 2 is 2.00 bits per heavy atom. The van der Waals surface area contributed by atoms with Crippen molar-refractivity contribution in [3.63, 3.8) is 0 Å². The maximum Gasteiger partial charge on any atom is 0.391 e. The Kier molecular flexibility index (Phi) is 6.43. The van der Waals surface area contributed by atoms with E-state index < -0.39 is 36.6 Å². The molecule has 2 atom stereocenters. The molecule has 0 heterocycles. The molecule has 0 aliphatic rings. The third-order valence-corrected chi connectivity index (χ3v) is 3.43. The minimum atomic E-state index is -4.71. The van der Waals surface area contributed by atoms with Crippen LogP contribution in [0.2, 0.25) is 0 Å². The van der Waals surface area contributed by atoms with E-state index in [4.69, 9.17) is 9.84 Å². The van der Waals surface area contributed by atoms with Crippen LogP contribution in [0, 0.1) is 6.92 Å². The zero-order valence-corrected chi connectivity index (χ0v) is 13.9. The van der Waals surface area contributed by atoms with Crippen molar-refractivity contribution in [1.82, 2.24) is 5.32 Å². The van der Waals surface area contributed by atoms with Gasteiger partial charge in [-0.2, -0.15) is 13.2 Å². The quantitative estimate of drug-likeness (QED) is 0.773. The van der Waals surface area contributed by atoms with Crippen molar-refractivity contribution in [3.05, 3.63) is 28.2 Å². The Morgan fingerprint density at radius 1 is 1.39 bits per heavy atom. The Hall–Kier alpha value is -1.77. The number of aryl methyl sites for hydroxylation is 1. The second kappa shape index (κ2) is 7.67. The molecule has 0 saturated carbocycles. The Bertz CT molecular complexity index is 592. The maximum absolute atomic E-state index is 12.3. The van der Waals surface area contributed by atoms with Crippen LogP contribution in [0.25, 0.3) is 0 Å². The second-order valence-electron chi connectivity index (χ2n) is 4.91. The number of hydrogen-bond donors (Lipinski definition) is 2. The summed E-state index contributed by atoms with van der Waals surface area (Å²) >= 11 is 3.24. The lowest BCUT2D eigenvalue weighted by Gasteiger charge is -2.20.